The molecule has 0 aliphatic rings. The number of nitrogens with one attached hydrogen (secondary N) is 3. The van der Waals surface area contributed by atoms with Gasteiger partial charge >= 0.3 is 17.9 Å². The van der Waals surface area contributed by atoms with Crippen molar-refractivity contribution in [2.45, 2.75) is 56.3 Å². The lowest BCUT2D eigenvalue weighted by atomic mass is 10.1. The lowest BCUT2D eigenvalue weighted by Crippen LogP contribution is -2.58. The number of hydrogen-bond acceptors (Lipinski definition) is 9. The van der Waals surface area contributed by atoms with Crippen molar-refractivity contribution in [2.75, 3.05) is 6.54 Å². The van der Waals surface area contributed by atoms with Gasteiger partial charge in [-0.1, -0.05) is 0 Å². The van der Waals surface area contributed by atoms with E-state index in [0.29, 0.717) is 0 Å². The number of nitrogens with zero attached hydrogens (tertiary/aromatic N) is 1. The second-order valence-electron chi connectivity index (χ2n) is 7.44. The fourth-order valence-electron chi connectivity index (χ4n) is 2.66. The number of nitrogens with two attached hydrogens (primary N) is 4. The Morgan fingerprint density at radius 2 is 1.17 bits per heavy atom. The second-order valence-corrected chi connectivity index (χ2v) is 7.44. The van der Waals surface area contributed by atoms with Gasteiger partial charge in [0.05, 0.1) is 25.3 Å². The maximum atomic E-state index is 12.6. The van der Waals surface area contributed by atoms with Crippen molar-refractivity contribution in [2.24, 2.45) is 27.9 Å². The number of primary amides is 1. The molecular formula is C18H30N8O10. The van der Waals surface area contributed by atoms with Crippen molar-refractivity contribution in [1.29, 1.82) is 0 Å². The topological polar surface area (TPSA) is 333 Å². The molecule has 14 N–H and O–H groups in total. The molecular weight excluding hydrogens is 488 g/mol. The Labute approximate surface area is 203 Å². The molecule has 0 heterocycles. The molecule has 0 aliphatic heterocycles. The number of hydrogen-bond donors (Lipinski definition) is 10. The van der Waals surface area contributed by atoms with E-state index in [1.165, 1.54) is 0 Å². The standard InChI is InChI=1S/C18H30N8O10/c19-7(4-12(28)29)14(32)25-10(6-13(30)31)16(34)26-9(5-11(20)27)15(33)24-8(17(35)36)2-1-3-23-18(21)22/h7-10H,1-6,19H2,(H2,20,27)(H,24,33)(H,25,32)(H,26,34)(H,28,29)(H,30,31)(H,35,36)(H4,21,22,23). The average molecular weight is 518 g/mol. The van der Waals surface area contributed by atoms with Crippen LogP contribution in [-0.4, -0.2) is 93.5 Å². The molecule has 0 bridgehead atoms. The first kappa shape index (κ1) is 31.5. The zero-order chi connectivity index (χ0) is 28.0. The van der Waals surface area contributed by atoms with Crippen LogP contribution in [0, 0.1) is 0 Å². The van der Waals surface area contributed by atoms with Gasteiger partial charge in [-0.3, -0.25) is 33.8 Å². The monoisotopic (exact) mass is 518 g/mol. The molecule has 0 rings (SSSR count). The van der Waals surface area contributed by atoms with Crippen molar-refractivity contribution in [3.05, 3.63) is 0 Å². The summed E-state index contributed by atoms with van der Waals surface area (Å²) in [5.74, 6) is -9.28. The number of guanidine groups is 1. The van der Waals surface area contributed by atoms with E-state index < -0.39 is 85.0 Å². The number of carboxylic acids is 3. The summed E-state index contributed by atoms with van der Waals surface area (Å²) in [6.07, 6.45) is -2.60. The highest BCUT2D eigenvalue weighted by molar-refractivity contribution is 5.97. The molecule has 36 heavy (non-hydrogen) atoms. The molecule has 4 atom stereocenters. The van der Waals surface area contributed by atoms with Gasteiger partial charge in [0.1, 0.15) is 18.1 Å². The van der Waals surface area contributed by atoms with Crippen molar-refractivity contribution in [3.8, 4) is 0 Å². The molecule has 4 amide bonds. The molecule has 4 unspecified atom stereocenters. The number of aliphatic carboxylic acids is 3. The highest BCUT2D eigenvalue weighted by Gasteiger charge is 2.32. The van der Waals surface area contributed by atoms with Crippen LogP contribution in [0.3, 0.4) is 0 Å². The molecule has 0 spiro atoms. The number of carbonyl (C=O) groups excluding carboxylic acids is 4. The summed E-state index contributed by atoms with van der Waals surface area (Å²) >= 11 is 0. The maximum absolute atomic E-state index is 12.6. The number of aliphatic imine (C=N–C) groups is 1. The van der Waals surface area contributed by atoms with Crippen molar-refractivity contribution in [3.63, 3.8) is 0 Å². The SMILES string of the molecule is NC(=O)CC(NC(=O)C(CC(=O)O)NC(=O)C(N)CC(=O)O)C(=O)NC(CCCN=C(N)N)C(=O)O. The summed E-state index contributed by atoms with van der Waals surface area (Å²) in [6, 6.07) is -6.66. The molecule has 0 aromatic heterocycles. The lowest BCUT2D eigenvalue weighted by molar-refractivity contribution is -0.144. The van der Waals surface area contributed by atoms with Gasteiger partial charge in [-0.25, -0.2) is 4.79 Å². The predicted molar refractivity (Wildman–Crippen MR) is 120 cm³/mol. The van der Waals surface area contributed by atoms with E-state index in [-0.39, 0.29) is 25.3 Å². The second kappa shape index (κ2) is 15.4. The van der Waals surface area contributed by atoms with Crippen LogP contribution in [0.2, 0.25) is 0 Å². The van der Waals surface area contributed by atoms with Gasteiger partial charge in [0, 0.05) is 6.54 Å². The Bertz CT molecular complexity index is 889. The number of rotatable bonds is 17. The van der Waals surface area contributed by atoms with E-state index in [1.807, 2.05) is 10.6 Å². The van der Waals surface area contributed by atoms with Gasteiger partial charge < -0.3 is 54.2 Å². The third kappa shape index (κ3) is 13.3. The minimum absolute atomic E-state index is 0.0595. The van der Waals surface area contributed by atoms with Crippen LogP contribution < -0.4 is 38.9 Å². The molecule has 202 valence electrons. The smallest absolute Gasteiger partial charge is 0.326 e. The van der Waals surface area contributed by atoms with Gasteiger partial charge in [0.2, 0.25) is 23.6 Å². The molecule has 0 fully saturated rings. The van der Waals surface area contributed by atoms with Gasteiger partial charge in [0.25, 0.3) is 0 Å². The quantitative estimate of drug-likeness (QED) is 0.0489. The van der Waals surface area contributed by atoms with Crippen molar-refractivity contribution in [1.82, 2.24) is 16.0 Å². The van der Waals surface area contributed by atoms with Crippen LogP contribution in [0.25, 0.3) is 0 Å². The first-order valence-corrected chi connectivity index (χ1v) is 10.3. The van der Waals surface area contributed by atoms with E-state index >= 15 is 0 Å². The zero-order valence-corrected chi connectivity index (χ0v) is 19.0. The summed E-state index contributed by atoms with van der Waals surface area (Å²) in [7, 11) is 0. The van der Waals surface area contributed by atoms with Crippen LogP contribution in [0.4, 0.5) is 0 Å². The van der Waals surface area contributed by atoms with E-state index in [1.54, 1.807) is 0 Å². The van der Waals surface area contributed by atoms with Gasteiger partial charge in [-0.05, 0) is 12.8 Å². The number of carbonyl (C=O) groups is 7. The minimum Gasteiger partial charge on any atom is -0.481 e. The predicted octanol–water partition coefficient (Wildman–Crippen LogP) is -5.27. The summed E-state index contributed by atoms with van der Waals surface area (Å²) in [5.41, 5.74) is 20.8. The molecule has 0 aromatic rings. The Kier molecular flexibility index (Phi) is 13.5. The van der Waals surface area contributed by atoms with E-state index in [2.05, 4.69) is 10.3 Å². The van der Waals surface area contributed by atoms with Crippen molar-refractivity contribution < 1.29 is 48.9 Å². The third-order valence-electron chi connectivity index (χ3n) is 4.34. The Morgan fingerprint density at radius 1 is 0.694 bits per heavy atom. The largest absolute Gasteiger partial charge is 0.481 e. The molecule has 0 radical (unpaired) electrons. The summed E-state index contributed by atoms with van der Waals surface area (Å²) in [6.45, 7) is 0.0595. The van der Waals surface area contributed by atoms with E-state index in [4.69, 9.17) is 33.1 Å². The van der Waals surface area contributed by atoms with Crippen LogP contribution in [0.1, 0.15) is 32.1 Å². The summed E-state index contributed by atoms with van der Waals surface area (Å²) in [5, 5.41) is 33.2. The Morgan fingerprint density at radius 3 is 1.61 bits per heavy atom. The van der Waals surface area contributed by atoms with Gasteiger partial charge in [0.15, 0.2) is 5.96 Å². The van der Waals surface area contributed by atoms with Crippen LogP contribution in [0.15, 0.2) is 4.99 Å². The summed E-state index contributed by atoms with van der Waals surface area (Å²) in [4.78, 5) is 85.7. The molecule has 0 saturated carbocycles. The fourth-order valence-corrected chi connectivity index (χ4v) is 2.66. The average Bonchev–Trinajstić information content (AvgIpc) is 2.73. The van der Waals surface area contributed by atoms with Crippen LogP contribution >= 0.6 is 0 Å². The van der Waals surface area contributed by atoms with Crippen LogP contribution in [-0.2, 0) is 33.6 Å². The highest BCUT2D eigenvalue weighted by Crippen LogP contribution is 2.03. The van der Waals surface area contributed by atoms with Gasteiger partial charge in [-0.2, -0.15) is 0 Å². The van der Waals surface area contributed by atoms with E-state index in [9.17, 15) is 38.7 Å². The number of carboxylic acid groups (broad SMARTS) is 3. The van der Waals surface area contributed by atoms with Crippen molar-refractivity contribution >= 4 is 47.5 Å². The first-order chi connectivity index (χ1) is 16.6. The van der Waals surface area contributed by atoms with Gasteiger partial charge in [-0.15, -0.1) is 0 Å². The summed E-state index contributed by atoms with van der Waals surface area (Å²) < 4.78 is 0. The number of amides is 4. The molecule has 18 nitrogen and oxygen atoms in total. The zero-order valence-electron chi connectivity index (χ0n) is 19.0. The molecule has 0 saturated heterocycles. The maximum Gasteiger partial charge on any atom is 0.326 e. The normalized spacial score (nSPS) is 13.7. The molecule has 18 heteroatoms. The third-order valence-corrected chi connectivity index (χ3v) is 4.34. The lowest BCUT2D eigenvalue weighted by Gasteiger charge is -2.24. The first-order valence-electron chi connectivity index (χ1n) is 10.3. The minimum atomic E-state index is -1.83. The fraction of sp³-hybridized carbons (Fsp3) is 0.556. The Hall–Kier alpha value is -4.48. The molecule has 0 aromatic carbocycles. The highest BCUT2D eigenvalue weighted by atomic mass is 16.4. The Balaban J connectivity index is 5.52. The molecule has 0 aliphatic carbocycles. The van der Waals surface area contributed by atoms with E-state index in [0.717, 1.165) is 0 Å². The van der Waals surface area contributed by atoms with Crippen LogP contribution in [0.5, 0.6) is 0 Å².